The molecule has 1 fully saturated rings. The maximum absolute atomic E-state index is 13.2. The third kappa shape index (κ3) is 3.69. The number of hydrogen-bond donors (Lipinski definition) is 0. The zero-order valence-electron chi connectivity index (χ0n) is 15.4. The quantitative estimate of drug-likeness (QED) is 0.486. The molecule has 0 spiro atoms. The van der Waals surface area contributed by atoms with Gasteiger partial charge in [-0.2, -0.15) is 0 Å². The SMILES string of the molecule is Cc1sc2ncn(CC(=O)N3CCCCC3)c(=O)c2c1-c1ccc(Br)c(Br)c1. The molecular formula is C20H19Br2N3O2S. The number of amides is 1. The van der Waals surface area contributed by atoms with Gasteiger partial charge in [0.25, 0.3) is 5.56 Å². The van der Waals surface area contributed by atoms with Gasteiger partial charge >= 0.3 is 0 Å². The number of hydrogen-bond acceptors (Lipinski definition) is 4. The maximum atomic E-state index is 13.2. The molecule has 28 heavy (non-hydrogen) atoms. The standard InChI is InChI=1S/C20H19Br2N3O2S/c1-12-17(13-5-6-14(21)15(22)9-13)18-19(28-12)23-11-25(20(18)27)10-16(26)24-7-3-2-4-8-24/h5-6,9,11H,2-4,7-8,10H2,1H3. The lowest BCUT2D eigenvalue weighted by Crippen LogP contribution is -2.39. The second-order valence-electron chi connectivity index (χ2n) is 6.96. The maximum Gasteiger partial charge on any atom is 0.263 e. The van der Waals surface area contributed by atoms with E-state index in [2.05, 4.69) is 36.8 Å². The minimum Gasteiger partial charge on any atom is -0.341 e. The average Bonchev–Trinajstić information content (AvgIpc) is 3.03. The summed E-state index contributed by atoms with van der Waals surface area (Å²) in [6.07, 6.45) is 4.73. The largest absolute Gasteiger partial charge is 0.341 e. The first-order valence-corrected chi connectivity index (χ1v) is 11.6. The Morgan fingerprint density at radius 3 is 2.64 bits per heavy atom. The molecule has 1 aromatic carbocycles. The Balaban J connectivity index is 1.77. The molecule has 1 aliphatic rings. The molecular weight excluding hydrogens is 506 g/mol. The van der Waals surface area contributed by atoms with Crippen molar-refractivity contribution in [2.24, 2.45) is 0 Å². The Labute approximate surface area is 183 Å². The second-order valence-corrected chi connectivity index (χ2v) is 9.87. The van der Waals surface area contributed by atoms with Gasteiger partial charge in [0.2, 0.25) is 5.91 Å². The van der Waals surface area contributed by atoms with Crippen LogP contribution in [0.1, 0.15) is 24.1 Å². The lowest BCUT2D eigenvalue weighted by Gasteiger charge is -2.26. The van der Waals surface area contributed by atoms with E-state index in [0.717, 1.165) is 57.3 Å². The number of aromatic nitrogens is 2. The van der Waals surface area contributed by atoms with Gasteiger partial charge in [-0.3, -0.25) is 14.2 Å². The minimum atomic E-state index is -0.159. The van der Waals surface area contributed by atoms with Gasteiger partial charge in [0, 0.05) is 32.5 Å². The van der Waals surface area contributed by atoms with Crippen LogP contribution in [0.15, 0.2) is 38.3 Å². The van der Waals surface area contributed by atoms with E-state index in [1.807, 2.05) is 30.0 Å². The molecule has 0 N–H and O–H groups in total. The molecule has 0 atom stereocenters. The van der Waals surface area contributed by atoms with Crippen LogP contribution in [0.4, 0.5) is 0 Å². The molecule has 0 unspecified atom stereocenters. The van der Waals surface area contributed by atoms with Gasteiger partial charge in [0.1, 0.15) is 11.4 Å². The van der Waals surface area contributed by atoms with Gasteiger partial charge in [-0.05, 0) is 75.7 Å². The molecule has 4 rings (SSSR count). The number of halogens is 2. The van der Waals surface area contributed by atoms with Gasteiger partial charge in [0.15, 0.2) is 0 Å². The van der Waals surface area contributed by atoms with Gasteiger partial charge in [-0.1, -0.05) is 6.07 Å². The van der Waals surface area contributed by atoms with Gasteiger partial charge in [-0.25, -0.2) is 4.98 Å². The average molecular weight is 525 g/mol. The monoisotopic (exact) mass is 523 g/mol. The summed E-state index contributed by atoms with van der Waals surface area (Å²) in [6, 6.07) is 5.93. The molecule has 1 saturated heterocycles. The first-order valence-electron chi connectivity index (χ1n) is 9.17. The van der Waals surface area contributed by atoms with Crippen LogP contribution in [0.2, 0.25) is 0 Å². The Morgan fingerprint density at radius 2 is 1.93 bits per heavy atom. The van der Waals surface area contributed by atoms with Gasteiger partial charge in [-0.15, -0.1) is 11.3 Å². The van der Waals surface area contributed by atoms with E-state index in [1.54, 1.807) is 0 Å². The van der Waals surface area contributed by atoms with Crippen molar-refractivity contribution in [3.63, 3.8) is 0 Å². The molecule has 0 radical (unpaired) electrons. The first kappa shape index (κ1) is 19.8. The zero-order valence-corrected chi connectivity index (χ0v) is 19.4. The molecule has 0 bridgehead atoms. The highest BCUT2D eigenvalue weighted by Gasteiger charge is 2.21. The summed E-state index contributed by atoms with van der Waals surface area (Å²) in [5, 5.41) is 0.589. The van der Waals surface area contributed by atoms with E-state index in [9.17, 15) is 9.59 Å². The number of carbonyl (C=O) groups excluding carboxylic acids is 1. The smallest absolute Gasteiger partial charge is 0.263 e. The van der Waals surface area contributed by atoms with Crippen molar-refractivity contribution in [2.45, 2.75) is 32.7 Å². The van der Waals surface area contributed by atoms with Crippen LogP contribution >= 0.6 is 43.2 Å². The molecule has 3 heterocycles. The van der Waals surface area contributed by atoms with Gasteiger partial charge in [0.05, 0.1) is 11.7 Å². The van der Waals surface area contributed by atoms with Gasteiger partial charge < -0.3 is 4.90 Å². The predicted molar refractivity (Wildman–Crippen MR) is 120 cm³/mol. The molecule has 1 amide bonds. The number of nitrogens with zero attached hydrogens (tertiary/aromatic N) is 3. The van der Waals surface area contributed by atoms with E-state index in [-0.39, 0.29) is 18.0 Å². The van der Waals surface area contributed by atoms with Crippen LogP contribution < -0.4 is 5.56 Å². The number of thiophene rings is 1. The van der Waals surface area contributed by atoms with Crippen LogP contribution in [0.25, 0.3) is 21.3 Å². The number of benzene rings is 1. The normalized spacial score (nSPS) is 14.6. The molecule has 0 saturated carbocycles. The van der Waals surface area contributed by atoms with E-state index in [1.165, 1.54) is 22.2 Å². The highest BCUT2D eigenvalue weighted by atomic mass is 79.9. The van der Waals surface area contributed by atoms with Crippen LogP contribution in [-0.2, 0) is 11.3 Å². The molecule has 5 nitrogen and oxygen atoms in total. The summed E-state index contributed by atoms with van der Waals surface area (Å²) in [5.41, 5.74) is 1.69. The van der Waals surface area contributed by atoms with E-state index in [4.69, 9.17) is 0 Å². The van der Waals surface area contributed by atoms with Crippen LogP contribution in [0.3, 0.4) is 0 Å². The van der Waals surface area contributed by atoms with Crippen molar-refractivity contribution in [2.75, 3.05) is 13.1 Å². The van der Waals surface area contributed by atoms with Crippen molar-refractivity contribution in [1.82, 2.24) is 14.5 Å². The number of fused-ring (bicyclic) bond motifs is 1. The lowest BCUT2D eigenvalue weighted by atomic mass is 10.0. The highest BCUT2D eigenvalue weighted by Crippen LogP contribution is 2.37. The molecule has 146 valence electrons. The Bertz CT molecular complexity index is 1120. The van der Waals surface area contributed by atoms with Crippen molar-refractivity contribution < 1.29 is 4.79 Å². The predicted octanol–water partition coefficient (Wildman–Crippen LogP) is 4.97. The molecule has 1 aliphatic heterocycles. The number of aryl methyl sites for hydroxylation is 1. The van der Waals surface area contributed by atoms with Crippen LogP contribution in [0, 0.1) is 6.92 Å². The Kier molecular flexibility index (Phi) is 5.71. The van der Waals surface area contributed by atoms with E-state index < -0.39 is 0 Å². The topological polar surface area (TPSA) is 55.2 Å². The molecule has 0 aliphatic carbocycles. The van der Waals surface area contributed by atoms with Crippen molar-refractivity contribution >= 4 is 59.3 Å². The Morgan fingerprint density at radius 1 is 1.18 bits per heavy atom. The summed E-state index contributed by atoms with van der Waals surface area (Å²) in [4.78, 5) is 33.9. The van der Waals surface area contributed by atoms with Crippen molar-refractivity contribution in [3.8, 4) is 11.1 Å². The van der Waals surface area contributed by atoms with Crippen molar-refractivity contribution in [1.29, 1.82) is 0 Å². The summed E-state index contributed by atoms with van der Waals surface area (Å²) in [6.45, 7) is 3.60. The fraction of sp³-hybridized carbons (Fsp3) is 0.350. The second kappa shape index (κ2) is 8.08. The summed E-state index contributed by atoms with van der Waals surface area (Å²) in [7, 11) is 0. The molecule has 3 aromatic rings. The van der Waals surface area contributed by atoms with Crippen LogP contribution in [0.5, 0.6) is 0 Å². The molecule has 2 aromatic heterocycles. The number of rotatable bonds is 3. The summed E-state index contributed by atoms with van der Waals surface area (Å²) in [5.74, 6) is -0.0113. The summed E-state index contributed by atoms with van der Waals surface area (Å²) < 4.78 is 3.33. The third-order valence-electron chi connectivity index (χ3n) is 5.08. The number of carbonyl (C=O) groups is 1. The minimum absolute atomic E-state index is 0.0113. The zero-order chi connectivity index (χ0) is 19.8. The highest BCUT2D eigenvalue weighted by molar-refractivity contribution is 9.13. The van der Waals surface area contributed by atoms with Crippen molar-refractivity contribution in [3.05, 3.63) is 48.7 Å². The fourth-order valence-corrected chi connectivity index (χ4v) is 5.27. The third-order valence-corrected chi connectivity index (χ3v) is 7.97. The fourth-order valence-electron chi connectivity index (χ4n) is 3.64. The first-order chi connectivity index (χ1) is 13.5. The van der Waals surface area contributed by atoms with Crippen LogP contribution in [-0.4, -0.2) is 33.4 Å². The van der Waals surface area contributed by atoms with E-state index >= 15 is 0 Å². The number of likely N-dealkylation sites (tertiary alicyclic amines) is 1. The molecule has 8 heteroatoms. The van der Waals surface area contributed by atoms with E-state index in [0.29, 0.717) is 10.2 Å². The number of piperidine rings is 1. The lowest BCUT2D eigenvalue weighted by molar-refractivity contribution is -0.132. The summed E-state index contributed by atoms with van der Waals surface area (Å²) >= 11 is 8.53. The Hall–Kier alpha value is -1.51.